The summed E-state index contributed by atoms with van der Waals surface area (Å²) in [5.74, 6) is 1.30. The van der Waals surface area contributed by atoms with Crippen molar-refractivity contribution in [1.29, 1.82) is 0 Å². The van der Waals surface area contributed by atoms with E-state index in [4.69, 9.17) is 14.2 Å². The summed E-state index contributed by atoms with van der Waals surface area (Å²) in [6.07, 6.45) is 0. The molecular weight excluding hydrogens is 324 g/mol. The second kappa shape index (κ2) is 7.57. The van der Waals surface area contributed by atoms with Gasteiger partial charge in [-0.3, -0.25) is 9.59 Å². The van der Waals surface area contributed by atoms with Crippen LogP contribution in [0.4, 0.5) is 11.4 Å². The van der Waals surface area contributed by atoms with Gasteiger partial charge in [-0.05, 0) is 30.3 Å². The Morgan fingerprint density at radius 3 is 2.48 bits per heavy atom. The van der Waals surface area contributed by atoms with Gasteiger partial charge in [-0.2, -0.15) is 0 Å². The van der Waals surface area contributed by atoms with Gasteiger partial charge in [0.15, 0.2) is 18.1 Å². The average Bonchev–Trinajstić information content (AvgIpc) is 2.59. The lowest BCUT2D eigenvalue weighted by Gasteiger charge is -2.18. The van der Waals surface area contributed by atoms with Crippen LogP contribution >= 0.6 is 0 Å². The van der Waals surface area contributed by atoms with Gasteiger partial charge in [0.25, 0.3) is 5.91 Å². The zero-order valence-corrected chi connectivity index (χ0v) is 13.7. The Morgan fingerprint density at radius 1 is 1.00 bits per heavy atom. The first-order chi connectivity index (χ1) is 12.1. The summed E-state index contributed by atoms with van der Waals surface area (Å²) in [6.45, 7) is 2.28. The van der Waals surface area contributed by atoms with Gasteiger partial charge in [0, 0.05) is 24.4 Å². The van der Waals surface area contributed by atoms with Crippen molar-refractivity contribution in [2.24, 2.45) is 0 Å². The lowest BCUT2D eigenvalue weighted by molar-refractivity contribution is -0.118. The SMILES string of the molecule is CC(=O)Nc1cccc(NC(=O)COc2ccc3c(c2)OCCO3)c1. The van der Waals surface area contributed by atoms with Crippen LogP contribution in [0.25, 0.3) is 0 Å². The summed E-state index contributed by atoms with van der Waals surface area (Å²) in [7, 11) is 0. The van der Waals surface area contributed by atoms with Crippen molar-refractivity contribution in [3.63, 3.8) is 0 Å². The van der Waals surface area contributed by atoms with Crippen molar-refractivity contribution in [2.45, 2.75) is 6.92 Å². The fraction of sp³-hybridized carbons (Fsp3) is 0.222. The number of anilines is 2. The maximum Gasteiger partial charge on any atom is 0.262 e. The smallest absolute Gasteiger partial charge is 0.262 e. The normalized spacial score (nSPS) is 12.2. The van der Waals surface area contributed by atoms with Crippen LogP contribution in [0.15, 0.2) is 42.5 Å². The predicted molar refractivity (Wildman–Crippen MR) is 92.3 cm³/mol. The summed E-state index contributed by atoms with van der Waals surface area (Å²) in [4.78, 5) is 23.1. The molecule has 0 atom stereocenters. The number of hydrogen-bond donors (Lipinski definition) is 2. The number of nitrogens with one attached hydrogen (secondary N) is 2. The first-order valence-corrected chi connectivity index (χ1v) is 7.80. The number of benzene rings is 2. The number of ether oxygens (including phenoxy) is 3. The van der Waals surface area contributed by atoms with Crippen molar-refractivity contribution in [1.82, 2.24) is 0 Å². The van der Waals surface area contributed by atoms with E-state index in [2.05, 4.69) is 10.6 Å². The van der Waals surface area contributed by atoms with E-state index in [-0.39, 0.29) is 18.4 Å². The van der Waals surface area contributed by atoms with E-state index in [1.807, 2.05) is 0 Å². The molecular formula is C18H18N2O5. The first kappa shape index (κ1) is 16.6. The lowest BCUT2D eigenvalue weighted by atomic mass is 10.2. The van der Waals surface area contributed by atoms with Gasteiger partial charge in [0.05, 0.1) is 0 Å². The molecule has 0 fully saturated rings. The molecule has 0 aromatic heterocycles. The Kier molecular flexibility index (Phi) is 5.03. The molecule has 2 aromatic rings. The van der Waals surface area contributed by atoms with Gasteiger partial charge in [0.1, 0.15) is 19.0 Å². The van der Waals surface area contributed by atoms with Crippen molar-refractivity contribution >= 4 is 23.2 Å². The minimum atomic E-state index is -0.310. The molecule has 1 heterocycles. The maximum absolute atomic E-state index is 12.0. The third-order valence-electron chi connectivity index (χ3n) is 3.35. The van der Waals surface area contributed by atoms with E-state index in [0.717, 1.165) is 0 Å². The number of carbonyl (C=O) groups excluding carboxylic acids is 2. The molecule has 130 valence electrons. The molecule has 7 heteroatoms. The quantitative estimate of drug-likeness (QED) is 0.872. The van der Waals surface area contributed by atoms with Crippen molar-refractivity contribution in [3.8, 4) is 17.2 Å². The van der Waals surface area contributed by atoms with Crippen LogP contribution in [0.1, 0.15) is 6.92 Å². The van der Waals surface area contributed by atoms with E-state index in [1.54, 1.807) is 42.5 Å². The lowest BCUT2D eigenvalue weighted by Crippen LogP contribution is -2.20. The monoisotopic (exact) mass is 342 g/mol. The van der Waals surface area contributed by atoms with Gasteiger partial charge >= 0.3 is 0 Å². The van der Waals surface area contributed by atoms with Crippen LogP contribution < -0.4 is 24.8 Å². The second-order valence-electron chi connectivity index (χ2n) is 5.40. The van der Waals surface area contributed by atoms with Gasteiger partial charge < -0.3 is 24.8 Å². The number of rotatable bonds is 5. The molecule has 0 aliphatic carbocycles. The summed E-state index contributed by atoms with van der Waals surface area (Å²) >= 11 is 0. The van der Waals surface area contributed by atoms with Crippen molar-refractivity contribution in [2.75, 3.05) is 30.5 Å². The van der Waals surface area contributed by atoms with E-state index < -0.39 is 0 Å². The Morgan fingerprint density at radius 2 is 1.72 bits per heavy atom. The molecule has 0 saturated carbocycles. The first-order valence-electron chi connectivity index (χ1n) is 7.80. The molecule has 2 amide bonds. The zero-order valence-electron chi connectivity index (χ0n) is 13.7. The fourth-order valence-corrected chi connectivity index (χ4v) is 2.34. The van der Waals surface area contributed by atoms with Crippen LogP contribution in [0.3, 0.4) is 0 Å². The molecule has 0 spiro atoms. The largest absolute Gasteiger partial charge is 0.486 e. The molecule has 2 N–H and O–H groups in total. The Bertz CT molecular complexity index is 791. The van der Waals surface area contributed by atoms with Gasteiger partial charge in [-0.25, -0.2) is 0 Å². The molecule has 3 rings (SSSR count). The third-order valence-corrected chi connectivity index (χ3v) is 3.35. The summed E-state index contributed by atoms with van der Waals surface area (Å²) in [5.41, 5.74) is 1.18. The minimum absolute atomic E-state index is 0.149. The molecule has 0 radical (unpaired) electrons. The predicted octanol–water partition coefficient (Wildman–Crippen LogP) is 2.43. The molecule has 1 aliphatic rings. The third kappa shape index (κ3) is 4.63. The molecule has 7 nitrogen and oxygen atoms in total. The Labute approximate surface area is 144 Å². The molecule has 0 bridgehead atoms. The number of hydrogen-bond acceptors (Lipinski definition) is 5. The second-order valence-corrected chi connectivity index (χ2v) is 5.40. The summed E-state index contributed by atoms with van der Waals surface area (Å²) in [5, 5.41) is 5.37. The molecule has 0 saturated heterocycles. The highest BCUT2D eigenvalue weighted by molar-refractivity contribution is 5.94. The highest BCUT2D eigenvalue weighted by atomic mass is 16.6. The van der Waals surface area contributed by atoms with Crippen LogP contribution in [0.2, 0.25) is 0 Å². The van der Waals surface area contributed by atoms with Gasteiger partial charge in [-0.1, -0.05) is 6.07 Å². The fourth-order valence-electron chi connectivity index (χ4n) is 2.34. The molecule has 1 aliphatic heterocycles. The maximum atomic E-state index is 12.0. The standard InChI is InChI=1S/C18H18N2O5/c1-12(21)19-13-3-2-4-14(9-13)20-18(22)11-25-15-5-6-16-17(10-15)24-8-7-23-16/h2-6,9-10H,7-8,11H2,1H3,(H,19,21)(H,20,22). The van der Waals surface area contributed by atoms with Gasteiger partial charge in [-0.15, -0.1) is 0 Å². The summed E-state index contributed by atoms with van der Waals surface area (Å²) in [6, 6.07) is 12.0. The van der Waals surface area contributed by atoms with E-state index in [9.17, 15) is 9.59 Å². The number of carbonyl (C=O) groups is 2. The number of amides is 2. The summed E-state index contributed by atoms with van der Waals surface area (Å²) < 4.78 is 16.4. The minimum Gasteiger partial charge on any atom is -0.486 e. The highest BCUT2D eigenvalue weighted by Gasteiger charge is 2.13. The zero-order chi connectivity index (χ0) is 17.6. The Hall–Kier alpha value is -3.22. The van der Waals surface area contributed by atoms with Crippen molar-refractivity contribution in [3.05, 3.63) is 42.5 Å². The highest BCUT2D eigenvalue weighted by Crippen LogP contribution is 2.33. The molecule has 25 heavy (non-hydrogen) atoms. The topological polar surface area (TPSA) is 85.9 Å². The van der Waals surface area contributed by atoms with Crippen LogP contribution in [0.5, 0.6) is 17.2 Å². The van der Waals surface area contributed by atoms with Crippen LogP contribution in [-0.4, -0.2) is 31.6 Å². The molecule has 0 unspecified atom stereocenters. The van der Waals surface area contributed by atoms with Crippen LogP contribution in [-0.2, 0) is 9.59 Å². The average molecular weight is 342 g/mol. The van der Waals surface area contributed by atoms with Gasteiger partial charge in [0.2, 0.25) is 5.91 Å². The Balaban J connectivity index is 1.55. The number of fused-ring (bicyclic) bond motifs is 1. The van der Waals surface area contributed by atoms with E-state index >= 15 is 0 Å². The van der Waals surface area contributed by atoms with Crippen LogP contribution in [0, 0.1) is 0 Å². The molecule has 2 aromatic carbocycles. The van der Waals surface area contributed by atoms with E-state index in [1.165, 1.54) is 6.92 Å². The van der Waals surface area contributed by atoms with E-state index in [0.29, 0.717) is 41.8 Å². The van der Waals surface area contributed by atoms with Crippen molar-refractivity contribution < 1.29 is 23.8 Å².